The number of rotatable bonds is 5. The summed E-state index contributed by atoms with van der Waals surface area (Å²) in [6, 6.07) is 7.35. The SMILES string of the molecule is C/C=C/CCNC(=O)c1ccc(CN)cc1. The van der Waals surface area contributed by atoms with E-state index >= 15 is 0 Å². The maximum Gasteiger partial charge on any atom is 0.251 e. The lowest BCUT2D eigenvalue weighted by Crippen LogP contribution is -2.24. The number of nitrogens with two attached hydrogens (primary N) is 1. The quantitative estimate of drug-likeness (QED) is 0.585. The minimum atomic E-state index is -0.0342. The van der Waals surface area contributed by atoms with Crippen LogP contribution in [0.25, 0.3) is 0 Å². The van der Waals surface area contributed by atoms with E-state index in [1.807, 2.05) is 31.2 Å². The fraction of sp³-hybridized carbons (Fsp3) is 0.308. The summed E-state index contributed by atoms with van der Waals surface area (Å²) in [4.78, 5) is 11.6. The summed E-state index contributed by atoms with van der Waals surface area (Å²) in [5, 5.41) is 2.85. The summed E-state index contributed by atoms with van der Waals surface area (Å²) in [5.41, 5.74) is 7.19. The molecule has 1 rings (SSSR count). The normalized spacial score (nSPS) is 10.6. The van der Waals surface area contributed by atoms with Gasteiger partial charge in [0.05, 0.1) is 0 Å². The van der Waals surface area contributed by atoms with Gasteiger partial charge in [0.2, 0.25) is 0 Å². The van der Waals surface area contributed by atoms with Gasteiger partial charge in [0.25, 0.3) is 5.91 Å². The van der Waals surface area contributed by atoms with Crippen LogP contribution in [0.1, 0.15) is 29.3 Å². The summed E-state index contributed by atoms with van der Waals surface area (Å²) in [7, 11) is 0. The van der Waals surface area contributed by atoms with E-state index in [1.165, 1.54) is 0 Å². The molecule has 0 aromatic heterocycles. The Morgan fingerprint density at radius 1 is 1.38 bits per heavy atom. The highest BCUT2D eigenvalue weighted by atomic mass is 16.1. The molecule has 0 atom stereocenters. The Hall–Kier alpha value is -1.61. The molecule has 1 aromatic carbocycles. The van der Waals surface area contributed by atoms with Crippen LogP contribution >= 0.6 is 0 Å². The van der Waals surface area contributed by atoms with E-state index in [9.17, 15) is 4.79 Å². The highest BCUT2D eigenvalue weighted by Gasteiger charge is 2.03. The van der Waals surface area contributed by atoms with Crippen molar-refractivity contribution in [2.75, 3.05) is 6.54 Å². The van der Waals surface area contributed by atoms with Gasteiger partial charge in [-0.2, -0.15) is 0 Å². The lowest BCUT2D eigenvalue weighted by Gasteiger charge is -2.04. The van der Waals surface area contributed by atoms with Gasteiger partial charge in [-0.25, -0.2) is 0 Å². The number of carbonyl (C=O) groups is 1. The third kappa shape index (κ3) is 3.87. The fourth-order valence-corrected chi connectivity index (χ4v) is 1.33. The molecule has 0 unspecified atom stereocenters. The molecule has 0 heterocycles. The molecule has 1 aromatic rings. The molecule has 0 bridgehead atoms. The third-order valence-corrected chi connectivity index (χ3v) is 2.28. The maximum absolute atomic E-state index is 11.6. The van der Waals surface area contributed by atoms with E-state index in [1.54, 1.807) is 12.1 Å². The third-order valence-electron chi connectivity index (χ3n) is 2.28. The molecule has 0 saturated heterocycles. The topological polar surface area (TPSA) is 55.1 Å². The van der Waals surface area contributed by atoms with Crippen molar-refractivity contribution in [3.8, 4) is 0 Å². The molecule has 0 saturated carbocycles. The van der Waals surface area contributed by atoms with Gasteiger partial charge in [0.15, 0.2) is 0 Å². The van der Waals surface area contributed by atoms with Gasteiger partial charge in [-0.05, 0) is 31.0 Å². The minimum Gasteiger partial charge on any atom is -0.352 e. The van der Waals surface area contributed by atoms with Crippen molar-refractivity contribution in [1.82, 2.24) is 5.32 Å². The van der Waals surface area contributed by atoms with Crippen molar-refractivity contribution < 1.29 is 4.79 Å². The molecule has 0 spiro atoms. The van der Waals surface area contributed by atoms with E-state index in [4.69, 9.17) is 5.73 Å². The van der Waals surface area contributed by atoms with E-state index in [0.29, 0.717) is 18.7 Å². The Balaban J connectivity index is 2.46. The molecule has 16 heavy (non-hydrogen) atoms. The molecule has 3 heteroatoms. The Morgan fingerprint density at radius 3 is 2.62 bits per heavy atom. The minimum absolute atomic E-state index is 0.0342. The van der Waals surface area contributed by atoms with Crippen LogP contribution in [0.5, 0.6) is 0 Å². The summed E-state index contributed by atoms with van der Waals surface area (Å²) in [6.45, 7) is 3.14. The molecule has 0 aliphatic heterocycles. The molecule has 3 N–H and O–H groups in total. The molecule has 0 aliphatic rings. The second kappa shape index (κ2) is 6.80. The van der Waals surface area contributed by atoms with Crippen molar-refractivity contribution in [2.24, 2.45) is 5.73 Å². The fourth-order valence-electron chi connectivity index (χ4n) is 1.33. The van der Waals surface area contributed by atoms with Gasteiger partial charge in [0.1, 0.15) is 0 Å². The van der Waals surface area contributed by atoms with Crippen molar-refractivity contribution in [3.05, 3.63) is 47.5 Å². The van der Waals surface area contributed by atoms with Crippen molar-refractivity contribution in [1.29, 1.82) is 0 Å². The highest BCUT2D eigenvalue weighted by molar-refractivity contribution is 5.94. The van der Waals surface area contributed by atoms with Crippen LogP contribution in [-0.4, -0.2) is 12.5 Å². The van der Waals surface area contributed by atoms with Crippen LogP contribution in [-0.2, 0) is 6.54 Å². The largest absolute Gasteiger partial charge is 0.352 e. The molecular formula is C13H18N2O. The Kier molecular flexibility index (Phi) is 5.29. The maximum atomic E-state index is 11.6. The first-order chi connectivity index (χ1) is 7.77. The zero-order valence-electron chi connectivity index (χ0n) is 9.57. The summed E-state index contributed by atoms with van der Waals surface area (Å²) in [5.74, 6) is -0.0342. The van der Waals surface area contributed by atoms with Crippen LogP contribution in [0.2, 0.25) is 0 Å². The van der Waals surface area contributed by atoms with Crippen LogP contribution in [0, 0.1) is 0 Å². The van der Waals surface area contributed by atoms with Crippen molar-refractivity contribution in [3.63, 3.8) is 0 Å². The van der Waals surface area contributed by atoms with E-state index in [0.717, 1.165) is 12.0 Å². The number of benzene rings is 1. The average Bonchev–Trinajstić information content (AvgIpc) is 2.34. The molecular weight excluding hydrogens is 200 g/mol. The molecule has 0 aliphatic carbocycles. The van der Waals surface area contributed by atoms with E-state index in [2.05, 4.69) is 5.32 Å². The van der Waals surface area contributed by atoms with Gasteiger partial charge in [0, 0.05) is 18.7 Å². The summed E-state index contributed by atoms with van der Waals surface area (Å²) in [6.07, 6.45) is 4.86. The van der Waals surface area contributed by atoms with Crippen molar-refractivity contribution >= 4 is 5.91 Å². The van der Waals surface area contributed by atoms with Gasteiger partial charge in [-0.1, -0.05) is 24.3 Å². The van der Waals surface area contributed by atoms with E-state index in [-0.39, 0.29) is 5.91 Å². The van der Waals surface area contributed by atoms with Crippen LogP contribution < -0.4 is 11.1 Å². The van der Waals surface area contributed by atoms with Gasteiger partial charge in [-0.3, -0.25) is 4.79 Å². The second-order valence-electron chi connectivity index (χ2n) is 3.51. The average molecular weight is 218 g/mol. The Labute approximate surface area is 96.3 Å². The number of carbonyl (C=O) groups excluding carboxylic acids is 1. The first-order valence-corrected chi connectivity index (χ1v) is 5.46. The molecule has 0 radical (unpaired) electrons. The van der Waals surface area contributed by atoms with Crippen LogP contribution in [0.4, 0.5) is 0 Å². The standard InChI is InChI=1S/C13H18N2O/c1-2-3-4-9-15-13(16)12-7-5-11(10-14)6-8-12/h2-3,5-8H,4,9-10,14H2,1H3,(H,15,16)/b3-2+. The Bertz CT molecular complexity index is 355. The molecule has 1 amide bonds. The van der Waals surface area contributed by atoms with Crippen molar-refractivity contribution in [2.45, 2.75) is 19.9 Å². The second-order valence-corrected chi connectivity index (χ2v) is 3.51. The smallest absolute Gasteiger partial charge is 0.251 e. The number of hydrogen-bond acceptors (Lipinski definition) is 2. The predicted octanol–water partition coefficient (Wildman–Crippen LogP) is 1.84. The predicted molar refractivity (Wildman–Crippen MR) is 66.1 cm³/mol. The molecule has 3 nitrogen and oxygen atoms in total. The summed E-state index contributed by atoms with van der Waals surface area (Å²) < 4.78 is 0. The van der Waals surface area contributed by atoms with Crippen LogP contribution in [0.3, 0.4) is 0 Å². The number of hydrogen-bond donors (Lipinski definition) is 2. The zero-order chi connectivity index (χ0) is 11.8. The van der Waals surface area contributed by atoms with Gasteiger partial charge in [-0.15, -0.1) is 0 Å². The summed E-state index contributed by atoms with van der Waals surface area (Å²) >= 11 is 0. The Morgan fingerprint density at radius 2 is 2.06 bits per heavy atom. The van der Waals surface area contributed by atoms with E-state index < -0.39 is 0 Å². The number of amides is 1. The molecule has 0 fully saturated rings. The lowest BCUT2D eigenvalue weighted by atomic mass is 10.1. The number of allylic oxidation sites excluding steroid dienone is 1. The lowest BCUT2D eigenvalue weighted by molar-refractivity contribution is 0.0954. The highest BCUT2D eigenvalue weighted by Crippen LogP contribution is 2.03. The number of nitrogens with one attached hydrogen (secondary N) is 1. The zero-order valence-corrected chi connectivity index (χ0v) is 9.57. The first-order valence-electron chi connectivity index (χ1n) is 5.46. The van der Waals surface area contributed by atoms with Crippen LogP contribution in [0.15, 0.2) is 36.4 Å². The van der Waals surface area contributed by atoms with Gasteiger partial charge < -0.3 is 11.1 Å². The molecule has 86 valence electrons. The van der Waals surface area contributed by atoms with Gasteiger partial charge >= 0.3 is 0 Å². The monoisotopic (exact) mass is 218 g/mol. The first kappa shape index (κ1) is 12.5.